The first-order valence-electron chi connectivity index (χ1n) is 3.12. The number of ether oxygens (including phenoxy) is 1. The maximum atomic E-state index is 10.8. The van der Waals surface area contributed by atoms with Gasteiger partial charge in [-0.1, -0.05) is 0 Å². The van der Waals surface area contributed by atoms with Crippen LogP contribution in [0.15, 0.2) is 11.6 Å². The molecule has 0 bridgehead atoms. The number of carbonyl (C=O) groups is 2. The van der Waals surface area contributed by atoms with Gasteiger partial charge in [0.15, 0.2) is 0 Å². The van der Waals surface area contributed by atoms with Gasteiger partial charge in [-0.25, -0.2) is 4.79 Å². The summed E-state index contributed by atoms with van der Waals surface area (Å²) in [5, 5.41) is 9.35. The van der Waals surface area contributed by atoms with Crippen LogP contribution in [0.4, 0.5) is 0 Å². The normalized spacial score (nSPS) is 29.7. The summed E-state index contributed by atoms with van der Waals surface area (Å²) in [4.78, 5) is 21.3. The van der Waals surface area contributed by atoms with E-state index in [1.165, 1.54) is 6.92 Å². The van der Waals surface area contributed by atoms with Gasteiger partial charge in [0, 0.05) is 18.6 Å². The molecule has 0 aromatic rings. The summed E-state index contributed by atoms with van der Waals surface area (Å²) in [6.45, 7) is 2.63. The fourth-order valence-corrected chi connectivity index (χ4v) is 0.880. The first-order chi connectivity index (χ1) is 4.97. The fraction of sp³-hybridized carbons (Fsp3) is 0.429. The minimum Gasteiger partial charge on any atom is -0.418 e. The van der Waals surface area contributed by atoms with Crippen molar-refractivity contribution in [3.05, 3.63) is 11.6 Å². The number of cyclic esters (lactones) is 1. The lowest BCUT2D eigenvalue weighted by atomic mass is 10.1. The molecule has 0 aromatic carbocycles. The molecule has 0 aliphatic carbocycles. The quantitative estimate of drug-likeness (QED) is 0.532. The number of esters is 1. The van der Waals surface area contributed by atoms with Crippen LogP contribution in [0.1, 0.15) is 13.8 Å². The molecule has 11 heavy (non-hydrogen) atoms. The van der Waals surface area contributed by atoms with Gasteiger partial charge in [0.25, 0.3) is 5.79 Å². The second-order valence-corrected chi connectivity index (χ2v) is 2.45. The lowest BCUT2D eigenvalue weighted by molar-refractivity contribution is -0.187. The zero-order valence-corrected chi connectivity index (χ0v) is 6.25. The molecule has 0 fully saturated rings. The minimum absolute atomic E-state index is 0.231. The summed E-state index contributed by atoms with van der Waals surface area (Å²) in [7, 11) is 0. The van der Waals surface area contributed by atoms with Crippen LogP contribution in [0.2, 0.25) is 0 Å². The molecular formula is C7H8O4. The molecule has 1 N–H and O–H groups in total. The van der Waals surface area contributed by atoms with E-state index in [1.807, 2.05) is 0 Å². The van der Waals surface area contributed by atoms with Crippen LogP contribution in [-0.2, 0) is 14.3 Å². The van der Waals surface area contributed by atoms with Crippen molar-refractivity contribution in [1.82, 2.24) is 0 Å². The monoisotopic (exact) mass is 156 g/mol. The van der Waals surface area contributed by atoms with Gasteiger partial charge in [0.2, 0.25) is 5.78 Å². The average Bonchev–Trinajstić information content (AvgIpc) is 2.08. The molecule has 1 aliphatic rings. The van der Waals surface area contributed by atoms with Crippen LogP contribution in [0.25, 0.3) is 0 Å². The van der Waals surface area contributed by atoms with Gasteiger partial charge in [-0.2, -0.15) is 0 Å². The van der Waals surface area contributed by atoms with Crippen LogP contribution >= 0.6 is 0 Å². The summed E-state index contributed by atoms with van der Waals surface area (Å²) in [6.07, 6.45) is 1.10. The summed E-state index contributed by atoms with van der Waals surface area (Å²) >= 11 is 0. The maximum Gasteiger partial charge on any atom is 0.334 e. The number of rotatable bonds is 1. The highest BCUT2D eigenvalue weighted by molar-refractivity contribution is 5.96. The highest BCUT2D eigenvalue weighted by atomic mass is 16.7. The summed E-state index contributed by atoms with van der Waals surface area (Å²) < 4.78 is 4.40. The Morgan fingerprint density at radius 1 is 1.73 bits per heavy atom. The topological polar surface area (TPSA) is 63.6 Å². The van der Waals surface area contributed by atoms with E-state index in [1.54, 1.807) is 0 Å². The van der Waals surface area contributed by atoms with E-state index < -0.39 is 17.5 Å². The molecule has 4 nitrogen and oxygen atoms in total. The van der Waals surface area contributed by atoms with Crippen LogP contribution in [-0.4, -0.2) is 22.6 Å². The van der Waals surface area contributed by atoms with Crippen molar-refractivity contribution in [3.63, 3.8) is 0 Å². The van der Waals surface area contributed by atoms with Gasteiger partial charge in [-0.15, -0.1) is 0 Å². The van der Waals surface area contributed by atoms with Crippen molar-refractivity contribution < 1.29 is 19.4 Å². The third-order valence-corrected chi connectivity index (χ3v) is 1.59. The van der Waals surface area contributed by atoms with Crippen LogP contribution < -0.4 is 0 Å². The second kappa shape index (κ2) is 2.17. The van der Waals surface area contributed by atoms with E-state index in [-0.39, 0.29) is 5.57 Å². The smallest absolute Gasteiger partial charge is 0.334 e. The first-order valence-corrected chi connectivity index (χ1v) is 3.12. The van der Waals surface area contributed by atoms with E-state index in [2.05, 4.69) is 4.74 Å². The standard InChI is InChI=1S/C7H8O4/c1-4-3-6(9)11-7(4,10)5(2)8/h3,10H,1-2H3/t7-/m1/s1. The average molecular weight is 156 g/mol. The zero-order chi connectivity index (χ0) is 8.65. The van der Waals surface area contributed by atoms with E-state index in [4.69, 9.17) is 0 Å². The van der Waals surface area contributed by atoms with Crippen LogP contribution in [0, 0.1) is 0 Å². The maximum absolute atomic E-state index is 10.8. The molecule has 60 valence electrons. The largest absolute Gasteiger partial charge is 0.418 e. The number of ketones is 1. The molecule has 0 spiro atoms. The molecule has 0 radical (unpaired) electrons. The van der Waals surface area contributed by atoms with E-state index in [0.29, 0.717) is 0 Å². The Bertz CT molecular complexity index is 253. The molecule has 1 aliphatic heterocycles. The number of hydrogen-bond acceptors (Lipinski definition) is 4. The van der Waals surface area contributed by atoms with Crippen molar-refractivity contribution >= 4 is 11.8 Å². The molecule has 1 atom stereocenters. The number of Topliss-reactive ketones (excluding diaryl/α,β-unsaturated/α-hetero) is 1. The van der Waals surface area contributed by atoms with Crippen molar-refractivity contribution in [2.24, 2.45) is 0 Å². The molecule has 4 heteroatoms. The highest BCUT2D eigenvalue weighted by Crippen LogP contribution is 2.25. The Morgan fingerprint density at radius 2 is 2.27 bits per heavy atom. The first kappa shape index (κ1) is 7.94. The summed E-state index contributed by atoms with van der Waals surface area (Å²) in [5.41, 5.74) is 0.231. The molecule has 0 saturated carbocycles. The Kier molecular flexibility index (Phi) is 1.56. The van der Waals surface area contributed by atoms with Crippen molar-refractivity contribution in [2.45, 2.75) is 19.6 Å². The number of carbonyl (C=O) groups excluding carboxylic acids is 2. The number of aliphatic hydroxyl groups is 1. The zero-order valence-electron chi connectivity index (χ0n) is 6.25. The van der Waals surface area contributed by atoms with Crippen molar-refractivity contribution in [2.75, 3.05) is 0 Å². The van der Waals surface area contributed by atoms with Crippen molar-refractivity contribution in [3.8, 4) is 0 Å². The van der Waals surface area contributed by atoms with Crippen LogP contribution in [0.5, 0.6) is 0 Å². The van der Waals surface area contributed by atoms with E-state index in [0.717, 1.165) is 13.0 Å². The lowest BCUT2D eigenvalue weighted by Gasteiger charge is -2.18. The predicted molar refractivity (Wildman–Crippen MR) is 35.5 cm³/mol. The van der Waals surface area contributed by atoms with Crippen LogP contribution in [0.3, 0.4) is 0 Å². The van der Waals surface area contributed by atoms with Gasteiger partial charge in [-0.3, -0.25) is 4.79 Å². The summed E-state index contributed by atoms with van der Waals surface area (Å²) in [5.74, 6) is -3.27. The Morgan fingerprint density at radius 3 is 2.45 bits per heavy atom. The molecule has 0 saturated heterocycles. The molecule has 0 aromatic heterocycles. The third kappa shape index (κ3) is 1.05. The number of hydrogen-bond donors (Lipinski definition) is 1. The van der Waals surface area contributed by atoms with Gasteiger partial charge in [0.1, 0.15) is 0 Å². The van der Waals surface area contributed by atoms with Gasteiger partial charge >= 0.3 is 5.97 Å². The fourth-order valence-electron chi connectivity index (χ4n) is 0.880. The van der Waals surface area contributed by atoms with Gasteiger partial charge < -0.3 is 9.84 Å². The Balaban J connectivity index is 3.01. The minimum atomic E-state index is -2.00. The molecule has 0 unspecified atom stereocenters. The molecule has 0 amide bonds. The lowest BCUT2D eigenvalue weighted by Crippen LogP contribution is -2.38. The predicted octanol–water partition coefficient (Wildman–Crippen LogP) is -0.233. The molecular weight excluding hydrogens is 148 g/mol. The van der Waals surface area contributed by atoms with Gasteiger partial charge in [-0.05, 0) is 6.92 Å². The van der Waals surface area contributed by atoms with Crippen molar-refractivity contribution in [1.29, 1.82) is 0 Å². The summed E-state index contributed by atoms with van der Waals surface area (Å²) in [6, 6.07) is 0. The van der Waals surface area contributed by atoms with E-state index >= 15 is 0 Å². The third-order valence-electron chi connectivity index (χ3n) is 1.59. The highest BCUT2D eigenvalue weighted by Gasteiger charge is 2.43. The molecule has 1 heterocycles. The van der Waals surface area contributed by atoms with E-state index in [9.17, 15) is 14.7 Å². The SMILES string of the molecule is CC(=O)[C@]1(O)OC(=O)C=C1C. The Hall–Kier alpha value is -1.16. The molecule has 1 rings (SSSR count). The Labute approximate surface area is 63.5 Å². The second-order valence-electron chi connectivity index (χ2n) is 2.45. The van der Waals surface area contributed by atoms with Gasteiger partial charge in [0.05, 0.1) is 0 Å².